The standard InChI is InChI=1S/C25H25FN2O3/c1-2-25(30)18-11-20-22-16(12-28(20)23(29)17(18)13-31-24(25)26)21(14-7-3-4-8-14)15-9-5-6-10-19(15)27-22/h5-6,9-11,14,24,30H,2-4,7-8,12-13H2,1H3/t24-,25+/m1/s1. The maximum Gasteiger partial charge on any atom is 0.257 e. The first-order valence-electron chi connectivity index (χ1n) is 11.2. The normalized spacial score (nSPS) is 24.9. The molecule has 5 nitrogen and oxygen atoms in total. The molecule has 0 saturated heterocycles. The summed E-state index contributed by atoms with van der Waals surface area (Å²) in [5, 5.41) is 12.2. The van der Waals surface area contributed by atoms with Crippen LogP contribution in [0.25, 0.3) is 22.3 Å². The van der Waals surface area contributed by atoms with Gasteiger partial charge in [0.25, 0.3) is 5.56 Å². The van der Waals surface area contributed by atoms with Gasteiger partial charge in [-0.3, -0.25) is 4.79 Å². The van der Waals surface area contributed by atoms with Crippen LogP contribution in [0.1, 0.15) is 67.2 Å². The average Bonchev–Trinajstić information content (AvgIpc) is 3.43. The minimum Gasteiger partial charge on any atom is -0.379 e. The molecular weight excluding hydrogens is 395 g/mol. The lowest BCUT2D eigenvalue weighted by Gasteiger charge is -2.36. The minimum atomic E-state index is -1.85. The SMILES string of the molecule is CC[C@]1(O)c2cc3n(c(=O)c2CO[C@H]1F)Cc1c-3nc2ccccc2c1C1CCCC1. The molecular formula is C25H25FN2O3. The molecule has 31 heavy (non-hydrogen) atoms. The van der Waals surface area contributed by atoms with Gasteiger partial charge in [0.05, 0.1) is 30.1 Å². The van der Waals surface area contributed by atoms with E-state index in [2.05, 4.69) is 6.07 Å². The Labute approximate surface area is 179 Å². The summed E-state index contributed by atoms with van der Waals surface area (Å²) in [5.74, 6) is 0.465. The highest BCUT2D eigenvalue weighted by atomic mass is 19.1. The number of nitrogens with zero attached hydrogens (tertiary/aromatic N) is 2. The fourth-order valence-corrected chi connectivity index (χ4v) is 5.82. The number of para-hydroxylation sites is 1. The van der Waals surface area contributed by atoms with E-state index in [1.807, 2.05) is 18.2 Å². The summed E-state index contributed by atoms with van der Waals surface area (Å²) in [6, 6.07) is 9.95. The Hall–Kier alpha value is -2.57. The molecule has 1 fully saturated rings. The van der Waals surface area contributed by atoms with Crippen molar-refractivity contribution in [2.75, 3.05) is 0 Å². The summed E-state index contributed by atoms with van der Waals surface area (Å²) in [7, 11) is 0. The Morgan fingerprint density at radius 1 is 1.26 bits per heavy atom. The van der Waals surface area contributed by atoms with Gasteiger partial charge >= 0.3 is 0 Å². The predicted molar refractivity (Wildman–Crippen MR) is 116 cm³/mol. The van der Waals surface area contributed by atoms with Crippen molar-refractivity contribution in [2.24, 2.45) is 0 Å². The largest absolute Gasteiger partial charge is 0.379 e. The van der Waals surface area contributed by atoms with Gasteiger partial charge in [-0.25, -0.2) is 9.37 Å². The minimum absolute atomic E-state index is 0.120. The lowest BCUT2D eigenvalue weighted by Crippen LogP contribution is -2.45. The molecule has 2 aromatic heterocycles. The zero-order chi connectivity index (χ0) is 21.3. The second kappa shape index (κ2) is 6.71. The van der Waals surface area contributed by atoms with Gasteiger partial charge in [0, 0.05) is 22.1 Å². The topological polar surface area (TPSA) is 64.4 Å². The number of hydrogen-bond donors (Lipinski definition) is 1. The van der Waals surface area contributed by atoms with Crippen molar-refractivity contribution in [3.63, 3.8) is 0 Å². The van der Waals surface area contributed by atoms with E-state index in [1.165, 1.54) is 18.4 Å². The highest BCUT2D eigenvalue weighted by Gasteiger charge is 2.45. The van der Waals surface area contributed by atoms with Crippen LogP contribution in [-0.2, 0) is 23.5 Å². The fraction of sp³-hybridized carbons (Fsp3) is 0.440. The molecule has 0 unspecified atom stereocenters. The smallest absolute Gasteiger partial charge is 0.257 e. The third-order valence-electron chi connectivity index (χ3n) is 7.51. The summed E-state index contributed by atoms with van der Waals surface area (Å²) >= 11 is 0. The van der Waals surface area contributed by atoms with Crippen LogP contribution < -0.4 is 5.56 Å². The van der Waals surface area contributed by atoms with Crippen LogP contribution in [0.4, 0.5) is 4.39 Å². The van der Waals surface area contributed by atoms with Crippen LogP contribution in [0, 0.1) is 0 Å². The maximum atomic E-state index is 14.6. The van der Waals surface area contributed by atoms with Crippen molar-refractivity contribution in [1.82, 2.24) is 9.55 Å². The second-order valence-corrected chi connectivity index (χ2v) is 9.07. The van der Waals surface area contributed by atoms with Gasteiger partial charge in [0.1, 0.15) is 5.60 Å². The molecule has 2 aliphatic heterocycles. The lowest BCUT2D eigenvalue weighted by molar-refractivity contribution is -0.198. The Morgan fingerprint density at radius 3 is 2.81 bits per heavy atom. The van der Waals surface area contributed by atoms with Crippen molar-refractivity contribution < 1.29 is 14.2 Å². The van der Waals surface area contributed by atoms with Gasteiger partial charge in [-0.05, 0) is 42.9 Å². The third-order valence-corrected chi connectivity index (χ3v) is 7.51. The van der Waals surface area contributed by atoms with E-state index in [0.717, 1.165) is 35.0 Å². The molecule has 0 bridgehead atoms. The molecule has 4 heterocycles. The van der Waals surface area contributed by atoms with E-state index in [-0.39, 0.29) is 18.6 Å². The fourth-order valence-electron chi connectivity index (χ4n) is 5.82. The number of aromatic nitrogens is 2. The van der Waals surface area contributed by atoms with E-state index in [0.29, 0.717) is 29.3 Å². The number of hydrogen-bond acceptors (Lipinski definition) is 4. The highest BCUT2D eigenvalue weighted by Crippen LogP contribution is 2.46. The van der Waals surface area contributed by atoms with E-state index in [1.54, 1.807) is 17.6 Å². The molecule has 3 aromatic rings. The Balaban J connectivity index is 1.64. The summed E-state index contributed by atoms with van der Waals surface area (Å²) in [5.41, 5.74) is 3.44. The first-order valence-corrected chi connectivity index (χ1v) is 11.2. The van der Waals surface area contributed by atoms with E-state index >= 15 is 0 Å². The number of fused-ring (bicyclic) bond motifs is 5. The summed E-state index contributed by atoms with van der Waals surface area (Å²) < 4.78 is 21.4. The van der Waals surface area contributed by atoms with Crippen LogP contribution in [0.2, 0.25) is 0 Å². The molecule has 6 heteroatoms. The number of halogens is 1. The van der Waals surface area contributed by atoms with Gasteiger partial charge in [0.2, 0.25) is 6.36 Å². The van der Waals surface area contributed by atoms with Crippen LogP contribution in [0.5, 0.6) is 0 Å². The van der Waals surface area contributed by atoms with Crippen LogP contribution in [0.3, 0.4) is 0 Å². The number of aliphatic hydroxyl groups is 1. The van der Waals surface area contributed by atoms with Crippen molar-refractivity contribution in [2.45, 2.75) is 70.1 Å². The van der Waals surface area contributed by atoms with Crippen molar-refractivity contribution in [1.29, 1.82) is 0 Å². The predicted octanol–water partition coefficient (Wildman–Crippen LogP) is 4.51. The second-order valence-electron chi connectivity index (χ2n) is 9.07. The van der Waals surface area contributed by atoms with Crippen molar-refractivity contribution in [3.05, 3.63) is 62.9 Å². The molecule has 0 radical (unpaired) electrons. The molecule has 1 aliphatic carbocycles. The Kier molecular flexibility index (Phi) is 4.14. The van der Waals surface area contributed by atoms with Gasteiger partial charge in [-0.2, -0.15) is 0 Å². The number of benzene rings is 1. The quantitative estimate of drug-likeness (QED) is 0.518. The van der Waals surface area contributed by atoms with E-state index < -0.39 is 12.0 Å². The molecule has 1 N–H and O–H groups in total. The summed E-state index contributed by atoms with van der Waals surface area (Å²) in [6.45, 7) is 2.04. The highest BCUT2D eigenvalue weighted by molar-refractivity contribution is 5.88. The van der Waals surface area contributed by atoms with Gasteiger partial charge in [-0.1, -0.05) is 38.0 Å². The number of rotatable bonds is 2. The summed E-state index contributed by atoms with van der Waals surface area (Å²) in [6.07, 6.45) is 3.00. The Bertz CT molecular complexity index is 1280. The van der Waals surface area contributed by atoms with Crippen molar-refractivity contribution >= 4 is 10.9 Å². The number of alkyl halides is 1. The molecule has 3 aliphatic rings. The number of pyridine rings is 2. The average molecular weight is 420 g/mol. The summed E-state index contributed by atoms with van der Waals surface area (Å²) in [4.78, 5) is 18.4. The molecule has 6 rings (SSSR count). The first kappa shape index (κ1) is 19.1. The van der Waals surface area contributed by atoms with E-state index in [9.17, 15) is 14.3 Å². The first-order chi connectivity index (χ1) is 15.0. The van der Waals surface area contributed by atoms with Crippen LogP contribution in [0.15, 0.2) is 35.1 Å². The van der Waals surface area contributed by atoms with Crippen LogP contribution >= 0.6 is 0 Å². The van der Waals surface area contributed by atoms with E-state index in [4.69, 9.17) is 9.72 Å². The van der Waals surface area contributed by atoms with Gasteiger partial charge in [0.15, 0.2) is 0 Å². The molecule has 1 saturated carbocycles. The Morgan fingerprint density at radius 2 is 2.03 bits per heavy atom. The maximum absolute atomic E-state index is 14.6. The van der Waals surface area contributed by atoms with Gasteiger partial charge < -0.3 is 14.4 Å². The van der Waals surface area contributed by atoms with Gasteiger partial charge in [-0.15, -0.1) is 0 Å². The number of ether oxygens (including phenoxy) is 1. The molecule has 160 valence electrons. The molecule has 2 atom stereocenters. The zero-order valence-electron chi connectivity index (χ0n) is 17.5. The molecule has 1 aromatic carbocycles. The zero-order valence-corrected chi connectivity index (χ0v) is 17.5. The monoisotopic (exact) mass is 420 g/mol. The van der Waals surface area contributed by atoms with Crippen LogP contribution in [-0.4, -0.2) is 21.0 Å². The molecule has 0 spiro atoms. The lowest BCUT2D eigenvalue weighted by atomic mass is 9.85. The third kappa shape index (κ3) is 2.55. The van der Waals surface area contributed by atoms with Crippen molar-refractivity contribution in [3.8, 4) is 11.4 Å². The molecule has 0 amide bonds.